The summed E-state index contributed by atoms with van der Waals surface area (Å²) in [5, 5.41) is 1.04. The van der Waals surface area contributed by atoms with Crippen molar-refractivity contribution in [1.29, 1.82) is 0 Å². The van der Waals surface area contributed by atoms with Crippen LogP contribution < -0.4 is 11.5 Å². The summed E-state index contributed by atoms with van der Waals surface area (Å²) in [6, 6.07) is 6.19. The average molecular weight is 317 g/mol. The van der Waals surface area contributed by atoms with Crippen LogP contribution in [-0.2, 0) is 0 Å². The molecule has 0 atom stereocenters. The summed E-state index contributed by atoms with van der Waals surface area (Å²) in [5.41, 5.74) is 12.1. The topological polar surface area (TPSA) is 82.0 Å². The largest absolute Gasteiger partial charge is 0.383 e. The second-order valence-corrected chi connectivity index (χ2v) is 4.96. The Balaban J connectivity index is 2.63. The van der Waals surface area contributed by atoms with E-state index in [9.17, 15) is 4.79 Å². The number of benzene rings is 1. The van der Waals surface area contributed by atoms with Gasteiger partial charge in [0.1, 0.15) is 11.5 Å². The molecule has 1 aromatic heterocycles. The molecule has 98 valence electrons. The van der Waals surface area contributed by atoms with Gasteiger partial charge in [-0.05, 0) is 24.3 Å². The van der Waals surface area contributed by atoms with Crippen molar-refractivity contribution in [1.82, 2.24) is 4.98 Å². The maximum atomic E-state index is 11.0. The highest BCUT2D eigenvalue weighted by Crippen LogP contribution is 2.38. The van der Waals surface area contributed by atoms with Crippen molar-refractivity contribution >= 4 is 46.5 Å². The Morgan fingerprint density at radius 2 is 1.79 bits per heavy atom. The third-order valence-electron chi connectivity index (χ3n) is 2.46. The lowest BCUT2D eigenvalue weighted by Gasteiger charge is -2.10. The van der Waals surface area contributed by atoms with Crippen molar-refractivity contribution in [2.45, 2.75) is 0 Å². The molecular weight excluding hydrogens is 309 g/mol. The summed E-state index contributed by atoms with van der Waals surface area (Å²) < 4.78 is 0. The fraction of sp³-hybridized carbons (Fsp3) is 0. The molecule has 1 heterocycles. The van der Waals surface area contributed by atoms with Crippen LogP contribution >= 0.6 is 34.8 Å². The minimum Gasteiger partial charge on any atom is -0.383 e. The number of halogens is 3. The summed E-state index contributed by atoms with van der Waals surface area (Å²) in [7, 11) is 0. The molecule has 1 aromatic carbocycles. The first-order chi connectivity index (χ1) is 8.90. The first-order valence-electron chi connectivity index (χ1n) is 5.11. The molecule has 4 nitrogen and oxygen atoms in total. The molecule has 0 aliphatic rings. The molecule has 0 radical (unpaired) electrons. The highest BCUT2D eigenvalue weighted by atomic mass is 35.5. The number of hydrogen-bond acceptors (Lipinski definition) is 3. The predicted molar refractivity (Wildman–Crippen MR) is 77.6 cm³/mol. The summed E-state index contributed by atoms with van der Waals surface area (Å²) in [4.78, 5) is 14.9. The molecule has 1 amide bonds. The monoisotopic (exact) mass is 315 g/mol. The minimum atomic E-state index is -0.659. The number of hydrogen-bond donors (Lipinski definition) is 2. The Hall–Kier alpha value is -1.49. The van der Waals surface area contributed by atoms with Gasteiger partial charge in [0.15, 0.2) is 0 Å². The zero-order valence-corrected chi connectivity index (χ0v) is 11.7. The molecule has 2 aromatic rings. The molecule has 7 heteroatoms. The molecule has 0 unspecified atom stereocenters. The maximum absolute atomic E-state index is 11.0. The minimum absolute atomic E-state index is 0.0745. The summed E-state index contributed by atoms with van der Waals surface area (Å²) in [6.45, 7) is 0. The number of pyridine rings is 1. The zero-order valence-electron chi connectivity index (χ0n) is 9.45. The van der Waals surface area contributed by atoms with E-state index < -0.39 is 5.91 Å². The van der Waals surface area contributed by atoms with Gasteiger partial charge in [-0.25, -0.2) is 4.98 Å². The van der Waals surface area contributed by atoms with E-state index in [1.807, 2.05) is 0 Å². The third-order valence-corrected chi connectivity index (χ3v) is 3.48. The number of carbonyl (C=O) groups is 1. The number of anilines is 1. The fourth-order valence-corrected chi connectivity index (χ4v) is 2.30. The van der Waals surface area contributed by atoms with Crippen LogP contribution in [0.3, 0.4) is 0 Å². The van der Waals surface area contributed by atoms with E-state index in [0.29, 0.717) is 26.2 Å². The van der Waals surface area contributed by atoms with Gasteiger partial charge in [0.2, 0.25) is 0 Å². The number of primary amides is 1. The van der Waals surface area contributed by atoms with Crippen molar-refractivity contribution in [3.8, 4) is 11.1 Å². The molecule has 0 bridgehead atoms. The van der Waals surface area contributed by atoms with Gasteiger partial charge in [0.05, 0.1) is 10.0 Å². The van der Waals surface area contributed by atoms with Crippen molar-refractivity contribution in [3.63, 3.8) is 0 Å². The van der Waals surface area contributed by atoms with Crippen molar-refractivity contribution in [3.05, 3.63) is 45.0 Å². The molecule has 0 aliphatic carbocycles. The van der Waals surface area contributed by atoms with Gasteiger partial charge in [0.25, 0.3) is 5.91 Å². The van der Waals surface area contributed by atoms with E-state index >= 15 is 0 Å². The number of nitrogen functional groups attached to an aromatic ring is 1. The van der Waals surface area contributed by atoms with Gasteiger partial charge in [0, 0.05) is 16.1 Å². The molecule has 4 N–H and O–H groups in total. The SMILES string of the molecule is NC(=O)c1ccc(-c2cc(Cl)cc(Cl)c2Cl)c(N)n1. The molecule has 0 spiro atoms. The second kappa shape index (κ2) is 5.25. The predicted octanol–water partition coefficient (Wildman–Crippen LogP) is 3.39. The highest BCUT2D eigenvalue weighted by Gasteiger charge is 2.14. The Labute approximate surface area is 124 Å². The van der Waals surface area contributed by atoms with Gasteiger partial charge in [-0.1, -0.05) is 34.8 Å². The van der Waals surface area contributed by atoms with E-state index in [1.165, 1.54) is 12.1 Å². The Bertz CT molecular complexity index is 674. The summed E-state index contributed by atoms with van der Waals surface area (Å²) >= 11 is 18.0. The number of rotatable bonds is 2. The second-order valence-electron chi connectivity index (χ2n) is 3.74. The summed E-state index contributed by atoms with van der Waals surface area (Å²) in [5.74, 6) is -0.537. The Morgan fingerprint density at radius 1 is 1.11 bits per heavy atom. The fourth-order valence-electron chi connectivity index (χ4n) is 1.59. The lowest BCUT2D eigenvalue weighted by Crippen LogP contribution is -2.14. The number of nitrogens with zero attached hydrogens (tertiary/aromatic N) is 1. The van der Waals surface area contributed by atoms with Gasteiger partial charge < -0.3 is 11.5 Å². The van der Waals surface area contributed by atoms with Crippen molar-refractivity contribution in [2.75, 3.05) is 5.73 Å². The van der Waals surface area contributed by atoms with Crippen LogP contribution in [0.5, 0.6) is 0 Å². The number of aromatic nitrogens is 1. The number of amides is 1. The van der Waals surface area contributed by atoms with Crippen LogP contribution in [0.2, 0.25) is 15.1 Å². The van der Waals surface area contributed by atoms with Crippen LogP contribution in [-0.4, -0.2) is 10.9 Å². The number of nitrogens with two attached hydrogens (primary N) is 2. The normalized spacial score (nSPS) is 10.5. The average Bonchev–Trinajstić information content (AvgIpc) is 2.33. The molecule has 2 rings (SSSR count). The van der Waals surface area contributed by atoms with Crippen LogP contribution in [0.4, 0.5) is 5.82 Å². The Kier molecular flexibility index (Phi) is 3.85. The summed E-state index contributed by atoms with van der Waals surface area (Å²) in [6.07, 6.45) is 0. The van der Waals surface area contributed by atoms with Crippen LogP contribution in [0.1, 0.15) is 10.5 Å². The van der Waals surface area contributed by atoms with Crippen LogP contribution in [0, 0.1) is 0 Å². The molecule has 0 saturated carbocycles. The lowest BCUT2D eigenvalue weighted by molar-refractivity contribution is 0.0996. The van der Waals surface area contributed by atoms with E-state index in [1.54, 1.807) is 12.1 Å². The van der Waals surface area contributed by atoms with E-state index in [0.717, 1.165) is 0 Å². The van der Waals surface area contributed by atoms with Gasteiger partial charge in [-0.3, -0.25) is 4.79 Å². The van der Waals surface area contributed by atoms with E-state index in [4.69, 9.17) is 46.3 Å². The quantitative estimate of drug-likeness (QED) is 0.833. The van der Waals surface area contributed by atoms with E-state index in [2.05, 4.69) is 4.98 Å². The van der Waals surface area contributed by atoms with Crippen molar-refractivity contribution in [2.24, 2.45) is 5.73 Å². The van der Waals surface area contributed by atoms with Crippen LogP contribution in [0.25, 0.3) is 11.1 Å². The molecule has 0 fully saturated rings. The highest BCUT2D eigenvalue weighted by molar-refractivity contribution is 6.45. The molecule has 19 heavy (non-hydrogen) atoms. The van der Waals surface area contributed by atoms with Gasteiger partial charge >= 0.3 is 0 Å². The first-order valence-corrected chi connectivity index (χ1v) is 6.24. The first kappa shape index (κ1) is 13.9. The zero-order chi connectivity index (χ0) is 14.2. The smallest absolute Gasteiger partial charge is 0.267 e. The lowest BCUT2D eigenvalue weighted by atomic mass is 10.1. The molecule has 0 aliphatic heterocycles. The molecular formula is C12H8Cl3N3O. The van der Waals surface area contributed by atoms with Crippen LogP contribution in [0.15, 0.2) is 24.3 Å². The Morgan fingerprint density at radius 3 is 2.37 bits per heavy atom. The van der Waals surface area contributed by atoms with E-state index in [-0.39, 0.29) is 11.5 Å². The van der Waals surface area contributed by atoms with Gasteiger partial charge in [-0.2, -0.15) is 0 Å². The third kappa shape index (κ3) is 2.76. The number of carbonyl (C=O) groups excluding carboxylic acids is 1. The molecule has 0 saturated heterocycles. The maximum Gasteiger partial charge on any atom is 0.267 e. The van der Waals surface area contributed by atoms with Gasteiger partial charge in [-0.15, -0.1) is 0 Å². The van der Waals surface area contributed by atoms with Crippen molar-refractivity contribution < 1.29 is 4.79 Å². The standard InChI is InChI=1S/C12H8Cl3N3O/c13-5-3-7(10(15)8(14)4-5)6-1-2-9(12(17)19)18-11(6)16/h1-4H,(H2,16,18)(H2,17,19).